The second-order valence-corrected chi connectivity index (χ2v) is 6.48. The van der Waals surface area contributed by atoms with Crippen LogP contribution in [0.5, 0.6) is 0 Å². The van der Waals surface area contributed by atoms with Gasteiger partial charge in [-0.2, -0.15) is 0 Å². The highest BCUT2D eigenvalue weighted by atomic mass is 32.2. The molecule has 1 fully saturated rings. The molecule has 1 rings (SSSR count). The lowest BCUT2D eigenvalue weighted by Gasteiger charge is -2.17. The Morgan fingerprint density at radius 2 is 2.27 bits per heavy atom. The Labute approximate surface area is 92.1 Å². The minimum atomic E-state index is -2.96. The third-order valence-electron chi connectivity index (χ3n) is 2.83. The zero-order valence-electron chi connectivity index (χ0n) is 9.31. The van der Waals surface area contributed by atoms with Gasteiger partial charge in [0.25, 0.3) is 0 Å². The highest BCUT2D eigenvalue weighted by molar-refractivity contribution is 7.91. The molecule has 1 aliphatic heterocycles. The lowest BCUT2D eigenvalue weighted by molar-refractivity contribution is 0.182. The van der Waals surface area contributed by atoms with Gasteiger partial charge >= 0.3 is 0 Å². The second-order valence-electron chi connectivity index (χ2n) is 4.26. The summed E-state index contributed by atoms with van der Waals surface area (Å²) in [5.41, 5.74) is 5.88. The number of hydrogen-bond donors (Lipinski definition) is 1. The molecule has 2 N–H and O–H groups in total. The first-order valence-electron chi connectivity index (χ1n) is 5.59. The van der Waals surface area contributed by atoms with E-state index < -0.39 is 9.84 Å². The van der Waals surface area contributed by atoms with Crippen LogP contribution in [0.4, 0.5) is 0 Å². The van der Waals surface area contributed by atoms with Gasteiger partial charge in [-0.25, -0.2) is 8.42 Å². The zero-order valence-corrected chi connectivity index (χ0v) is 10.1. The van der Waals surface area contributed by atoms with E-state index in [0.29, 0.717) is 13.2 Å². The normalized spacial score (nSPS) is 24.3. The molecular weight excluding hydrogens is 214 g/mol. The fourth-order valence-electron chi connectivity index (χ4n) is 1.77. The predicted molar refractivity (Wildman–Crippen MR) is 60.5 cm³/mol. The molecule has 15 heavy (non-hydrogen) atoms. The van der Waals surface area contributed by atoms with E-state index in [2.05, 4.69) is 0 Å². The molecule has 0 bridgehead atoms. The molecule has 1 saturated heterocycles. The van der Waals surface area contributed by atoms with Crippen molar-refractivity contribution in [1.82, 2.24) is 0 Å². The summed E-state index contributed by atoms with van der Waals surface area (Å²) < 4.78 is 28.5. The highest BCUT2D eigenvalue weighted by Gasteiger charge is 2.26. The lowest BCUT2D eigenvalue weighted by Crippen LogP contribution is -2.38. The number of rotatable bonds is 6. The first kappa shape index (κ1) is 12.9. The van der Waals surface area contributed by atoms with Gasteiger partial charge in [0.2, 0.25) is 0 Å². The zero-order chi connectivity index (χ0) is 11.3. The summed E-state index contributed by atoms with van der Waals surface area (Å²) in [5, 5.41) is 0. The summed E-state index contributed by atoms with van der Waals surface area (Å²) >= 11 is 0. The van der Waals surface area contributed by atoms with E-state index in [1.54, 1.807) is 0 Å². The predicted octanol–water partition coefficient (Wildman–Crippen LogP) is 0.565. The number of hydrogen-bond acceptors (Lipinski definition) is 4. The monoisotopic (exact) mass is 235 g/mol. The maximum absolute atomic E-state index is 11.6. The average molecular weight is 235 g/mol. The van der Waals surface area contributed by atoms with E-state index in [4.69, 9.17) is 10.5 Å². The maximum atomic E-state index is 11.6. The topological polar surface area (TPSA) is 69.4 Å². The van der Waals surface area contributed by atoms with E-state index in [9.17, 15) is 8.42 Å². The standard InChI is InChI=1S/C10H21NO3S/c1-2-3-6-15(12,13)8-10(11)9-4-5-14-7-9/h9-10H,2-8,11H2,1H3. The van der Waals surface area contributed by atoms with Crippen LogP contribution in [0.25, 0.3) is 0 Å². The Balaban J connectivity index is 2.38. The largest absolute Gasteiger partial charge is 0.381 e. The first-order chi connectivity index (χ1) is 7.05. The van der Waals surface area contributed by atoms with Gasteiger partial charge in [0.1, 0.15) is 0 Å². The third-order valence-corrected chi connectivity index (χ3v) is 4.63. The molecule has 0 aromatic carbocycles. The summed E-state index contributed by atoms with van der Waals surface area (Å²) in [4.78, 5) is 0. The van der Waals surface area contributed by atoms with Crippen molar-refractivity contribution >= 4 is 9.84 Å². The van der Waals surface area contributed by atoms with Crippen LogP contribution in [0.2, 0.25) is 0 Å². The van der Waals surface area contributed by atoms with Gasteiger partial charge in [0, 0.05) is 18.6 Å². The van der Waals surface area contributed by atoms with Crippen molar-refractivity contribution in [1.29, 1.82) is 0 Å². The van der Waals surface area contributed by atoms with Gasteiger partial charge in [0.05, 0.1) is 18.1 Å². The van der Waals surface area contributed by atoms with Crippen LogP contribution in [0.3, 0.4) is 0 Å². The smallest absolute Gasteiger partial charge is 0.151 e. The van der Waals surface area contributed by atoms with Gasteiger partial charge in [-0.05, 0) is 12.8 Å². The van der Waals surface area contributed by atoms with Crippen LogP contribution >= 0.6 is 0 Å². The van der Waals surface area contributed by atoms with Crippen LogP contribution in [-0.2, 0) is 14.6 Å². The molecule has 4 nitrogen and oxygen atoms in total. The van der Waals surface area contributed by atoms with Crippen LogP contribution < -0.4 is 5.73 Å². The molecule has 2 atom stereocenters. The molecule has 1 heterocycles. The third kappa shape index (κ3) is 4.49. The SMILES string of the molecule is CCCCS(=O)(=O)CC(N)C1CCOC1. The molecule has 2 unspecified atom stereocenters. The minimum absolute atomic E-state index is 0.112. The fraction of sp³-hybridized carbons (Fsp3) is 1.00. The molecule has 0 aromatic heterocycles. The van der Waals surface area contributed by atoms with E-state index >= 15 is 0 Å². The van der Waals surface area contributed by atoms with Crippen molar-refractivity contribution in [3.05, 3.63) is 0 Å². The van der Waals surface area contributed by atoms with Crippen molar-refractivity contribution in [3.8, 4) is 0 Å². The van der Waals surface area contributed by atoms with E-state index in [0.717, 1.165) is 19.3 Å². The quantitative estimate of drug-likeness (QED) is 0.730. The molecule has 0 aliphatic carbocycles. The number of nitrogens with two attached hydrogens (primary N) is 1. The summed E-state index contributed by atoms with van der Waals surface area (Å²) in [7, 11) is -2.96. The van der Waals surface area contributed by atoms with Gasteiger partial charge in [-0.15, -0.1) is 0 Å². The van der Waals surface area contributed by atoms with Gasteiger partial charge in [0.15, 0.2) is 9.84 Å². The average Bonchev–Trinajstić information content (AvgIpc) is 2.67. The van der Waals surface area contributed by atoms with Crippen LogP contribution in [0.15, 0.2) is 0 Å². The number of unbranched alkanes of at least 4 members (excludes halogenated alkanes) is 1. The van der Waals surface area contributed by atoms with Crippen molar-refractivity contribution in [3.63, 3.8) is 0 Å². The minimum Gasteiger partial charge on any atom is -0.381 e. The first-order valence-corrected chi connectivity index (χ1v) is 7.41. The van der Waals surface area contributed by atoms with Gasteiger partial charge in [-0.3, -0.25) is 0 Å². The molecule has 0 radical (unpaired) electrons. The Morgan fingerprint density at radius 3 is 2.80 bits per heavy atom. The molecular formula is C10H21NO3S. The van der Waals surface area contributed by atoms with E-state index in [-0.39, 0.29) is 23.5 Å². The summed E-state index contributed by atoms with van der Waals surface area (Å²) in [6.45, 7) is 3.32. The van der Waals surface area contributed by atoms with Crippen molar-refractivity contribution in [2.24, 2.45) is 11.7 Å². The Kier molecular flexibility index (Phi) is 5.02. The van der Waals surface area contributed by atoms with Crippen LogP contribution in [0, 0.1) is 5.92 Å². The molecule has 0 aromatic rings. The molecule has 0 spiro atoms. The Morgan fingerprint density at radius 1 is 1.53 bits per heavy atom. The van der Waals surface area contributed by atoms with Crippen molar-refractivity contribution < 1.29 is 13.2 Å². The number of ether oxygens (including phenoxy) is 1. The van der Waals surface area contributed by atoms with E-state index in [1.807, 2.05) is 6.92 Å². The molecule has 0 amide bonds. The van der Waals surface area contributed by atoms with Crippen LogP contribution in [-0.4, -0.2) is 39.2 Å². The summed E-state index contributed by atoms with van der Waals surface area (Å²) in [5.74, 6) is 0.604. The second kappa shape index (κ2) is 5.82. The van der Waals surface area contributed by atoms with Gasteiger partial charge in [-0.1, -0.05) is 13.3 Å². The Bertz CT molecular complexity index is 270. The lowest BCUT2D eigenvalue weighted by atomic mass is 10.0. The number of sulfone groups is 1. The highest BCUT2D eigenvalue weighted by Crippen LogP contribution is 2.16. The van der Waals surface area contributed by atoms with E-state index in [1.165, 1.54) is 0 Å². The molecule has 90 valence electrons. The molecule has 0 saturated carbocycles. The molecule has 1 aliphatic rings. The summed E-state index contributed by atoms with van der Waals surface area (Å²) in [6, 6.07) is -0.255. The summed E-state index contributed by atoms with van der Waals surface area (Å²) in [6.07, 6.45) is 2.53. The Hall–Kier alpha value is -0.130. The van der Waals surface area contributed by atoms with Crippen LogP contribution in [0.1, 0.15) is 26.2 Å². The van der Waals surface area contributed by atoms with Crippen molar-refractivity contribution in [2.45, 2.75) is 32.2 Å². The maximum Gasteiger partial charge on any atom is 0.151 e. The fourth-order valence-corrected chi connectivity index (χ4v) is 3.52. The van der Waals surface area contributed by atoms with Gasteiger partial charge < -0.3 is 10.5 Å². The molecule has 5 heteroatoms. The van der Waals surface area contributed by atoms with Crippen molar-refractivity contribution in [2.75, 3.05) is 24.7 Å².